The van der Waals surface area contributed by atoms with Gasteiger partial charge in [0.2, 0.25) is 0 Å². The molecule has 3 aliphatic carbocycles. The molecule has 1 heterocycles. The molecule has 0 saturated heterocycles. The molecule has 0 radical (unpaired) electrons. The van der Waals surface area contributed by atoms with Crippen LogP contribution in [0, 0.1) is 12.7 Å². The average Bonchev–Trinajstić information content (AvgIpc) is 2.99. The van der Waals surface area contributed by atoms with Crippen LogP contribution in [0.25, 0.3) is 0 Å². The smallest absolute Gasteiger partial charge is 0.258 e. The minimum atomic E-state index is -0.598. The summed E-state index contributed by atoms with van der Waals surface area (Å²) < 4.78 is 23.8. The normalized spacial score (nSPS) is 25.1. The van der Waals surface area contributed by atoms with Gasteiger partial charge in [-0.2, -0.15) is 0 Å². The Morgan fingerprint density at radius 1 is 1.22 bits per heavy atom. The molecule has 5 rings (SSSR count). The Kier molecular flexibility index (Phi) is 4.14. The largest absolute Gasteiger partial charge is 0.484 e. The first-order valence-corrected chi connectivity index (χ1v) is 8.93. The number of rotatable bonds is 6. The van der Waals surface area contributed by atoms with E-state index in [0.717, 1.165) is 6.07 Å². The molecule has 3 saturated carbocycles. The third kappa shape index (κ3) is 3.27. The minimum absolute atomic E-state index is 0.00127. The zero-order valence-electron chi connectivity index (χ0n) is 14.6. The van der Waals surface area contributed by atoms with Crippen molar-refractivity contribution < 1.29 is 23.1 Å². The van der Waals surface area contributed by atoms with E-state index in [4.69, 9.17) is 20.8 Å². The Morgan fingerprint density at radius 3 is 2.56 bits per heavy atom. The van der Waals surface area contributed by atoms with E-state index in [1.807, 2.05) is 0 Å². The summed E-state index contributed by atoms with van der Waals surface area (Å²) in [7, 11) is 0. The second kappa shape index (κ2) is 6.27. The van der Waals surface area contributed by atoms with Crippen LogP contribution in [0.5, 0.6) is 5.75 Å². The third-order valence-corrected chi connectivity index (χ3v) is 5.48. The van der Waals surface area contributed by atoms with E-state index in [1.54, 1.807) is 13.0 Å². The fourth-order valence-electron chi connectivity index (χ4n) is 4.03. The Morgan fingerprint density at radius 2 is 1.93 bits per heavy atom. The van der Waals surface area contributed by atoms with Crippen LogP contribution in [0.1, 0.15) is 35.4 Å². The highest BCUT2D eigenvalue weighted by molar-refractivity contribution is 6.30. The molecule has 2 amide bonds. The van der Waals surface area contributed by atoms with Gasteiger partial charge in [0.05, 0.1) is 16.8 Å². The maximum atomic E-state index is 13.4. The lowest BCUT2D eigenvalue weighted by molar-refractivity contribution is -0.141. The molecule has 1 aromatic heterocycles. The second-order valence-electron chi connectivity index (χ2n) is 7.35. The molecule has 27 heavy (non-hydrogen) atoms. The van der Waals surface area contributed by atoms with Gasteiger partial charge in [0.25, 0.3) is 11.8 Å². The van der Waals surface area contributed by atoms with Crippen molar-refractivity contribution in [2.45, 2.75) is 37.3 Å². The quantitative estimate of drug-likeness (QED) is 0.792. The summed E-state index contributed by atoms with van der Waals surface area (Å²) in [6.45, 7) is 1.53. The number of halogens is 2. The van der Waals surface area contributed by atoms with Crippen LogP contribution in [-0.4, -0.2) is 29.5 Å². The zero-order valence-corrected chi connectivity index (χ0v) is 15.4. The molecule has 142 valence electrons. The summed E-state index contributed by atoms with van der Waals surface area (Å²) in [4.78, 5) is 24.4. The second-order valence-corrected chi connectivity index (χ2v) is 7.76. The topological polar surface area (TPSA) is 80.6 Å². The molecule has 2 N–H and O–H groups in total. The van der Waals surface area contributed by atoms with Gasteiger partial charge in [-0.3, -0.25) is 9.59 Å². The molecule has 3 fully saturated rings. The molecule has 3 aliphatic rings. The van der Waals surface area contributed by atoms with E-state index >= 15 is 0 Å². The van der Waals surface area contributed by atoms with Crippen LogP contribution in [0.4, 0.5) is 4.39 Å². The summed E-state index contributed by atoms with van der Waals surface area (Å²) in [5, 5.41) is 5.98. The Balaban J connectivity index is 1.24. The number of carbonyl (C=O) groups is 2. The van der Waals surface area contributed by atoms with Gasteiger partial charge in [-0.25, -0.2) is 4.39 Å². The maximum absolute atomic E-state index is 13.4. The lowest BCUT2D eigenvalue weighted by atomic mass is 9.44. The van der Waals surface area contributed by atoms with Crippen molar-refractivity contribution in [3.05, 3.63) is 52.7 Å². The van der Waals surface area contributed by atoms with Crippen LogP contribution in [-0.2, 0) is 4.79 Å². The Hall–Kier alpha value is -2.54. The summed E-state index contributed by atoms with van der Waals surface area (Å²) in [6.07, 6.45) is 3.54. The van der Waals surface area contributed by atoms with Crippen molar-refractivity contribution in [2.75, 3.05) is 6.61 Å². The Bertz CT molecular complexity index is 906. The number of hydrogen-bond donors (Lipinski definition) is 2. The summed E-state index contributed by atoms with van der Waals surface area (Å²) >= 11 is 5.61. The molecule has 2 aromatic rings. The lowest BCUT2D eigenvalue weighted by Gasteiger charge is -2.70. The zero-order chi connectivity index (χ0) is 19.2. The van der Waals surface area contributed by atoms with E-state index in [1.165, 1.54) is 18.4 Å². The van der Waals surface area contributed by atoms with Crippen molar-refractivity contribution in [3.63, 3.8) is 0 Å². The highest BCUT2D eigenvalue weighted by atomic mass is 35.5. The van der Waals surface area contributed by atoms with Crippen molar-refractivity contribution in [3.8, 4) is 5.75 Å². The van der Waals surface area contributed by atoms with Gasteiger partial charge < -0.3 is 19.8 Å². The molecule has 6 nitrogen and oxygen atoms in total. The molecule has 1 aromatic carbocycles. The van der Waals surface area contributed by atoms with Crippen molar-refractivity contribution in [1.29, 1.82) is 0 Å². The number of aryl methyl sites for hydroxylation is 1. The lowest BCUT2D eigenvalue weighted by Crippen LogP contribution is -2.84. The van der Waals surface area contributed by atoms with Crippen LogP contribution in [0.3, 0.4) is 0 Å². The number of hydrogen-bond acceptors (Lipinski definition) is 4. The molecule has 0 aliphatic heterocycles. The van der Waals surface area contributed by atoms with Crippen LogP contribution in [0.15, 0.2) is 34.9 Å². The van der Waals surface area contributed by atoms with Gasteiger partial charge in [-0.05, 0) is 44.4 Å². The fraction of sp³-hybridized carbons (Fsp3) is 0.368. The molecular formula is C19H18ClFN2O4. The fourth-order valence-corrected chi connectivity index (χ4v) is 4.15. The van der Waals surface area contributed by atoms with E-state index in [2.05, 4.69) is 10.6 Å². The minimum Gasteiger partial charge on any atom is -0.484 e. The van der Waals surface area contributed by atoms with E-state index < -0.39 is 5.82 Å². The van der Waals surface area contributed by atoms with Gasteiger partial charge in [-0.15, -0.1) is 0 Å². The predicted octanol–water partition coefficient (Wildman–Crippen LogP) is 2.98. The standard InChI is InChI=1S/C19H18ClFN2O4/c1-11-13(4-5-26-11)17(25)23-19-8-18(9-19,10-19)22-16(24)7-27-12-2-3-14(20)15(21)6-12/h2-6H,7-10H2,1H3,(H,22,24)(H,23,25). The number of benzene rings is 1. The summed E-state index contributed by atoms with van der Waals surface area (Å²) in [5.41, 5.74) is -0.0139. The molecular weight excluding hydrogens is 375 g/mol. The monoisotopic (exact) mass is 392 g/mol. The highest BCUT2D eigenvalue weighted by Crippen LogP contribution is 2.60. The highest BCUT2D eigenvalue weighted by Gasteiger charge is 2.69. The first-order valence-electron chi connectivity index (χ1n) is 8.55. The van der Waals surface area contributed by atoms with Crippen LogP contribution >= 0.6 is 11.6 Å². The molecule has 0 atom stereocenters. The van der Waals surface area contributed by atoms with E-state index in [9.17, 15) is 14.0 Å². The Labute approximate surface area is 160 Å². The van der Waals surface area contributed by atoms with E-state index in [0.29, 0.717) is 30.6 Å². The first-order chi connectivity index (χ1) is 12.8. The average molecular weight is 393 g/mol. The van der Waals surface area contributed by atoms with E-state index in [-0.39, 0.29) is 40.3 Å². The third-order valence-electron chi connectivity index (χ3n) is 5.18. The number of furan rings is 1. The van der Waals surface area contributed by atoms with Crippen molar-refractivity contribution >= 4 is 23.4 Å². The number of amides is 2. The first kappa shape index (κ1) is 17.9. The van der Waals surface area contributed by atoms with Crippen LogP contribution in [0.2, 0.25) is 5.02 Å². The molecule has 8 heteroatoms. The number of nitrogens with one attached hydrogen (secondary N) is 2. The van der Waals surface area contributed by atoms with Crippen LogP contribution < -0.4 is 15.4 Å². The maximum Gasteiger partial charge on any atom is 0.258 e. The van der Waals surface area contributed by atoms with Crippen molar-refractivity contribution in [2.24, 2.45) is 0 Å². The summed E-state index contributed by atoms with van der Waals surface area (Å²) in [6, 6.07) is 5.66. The summed E-state index contributed by atoms with van der Waals surface area (Å²) in [5.74, 6) is -0.217. The molecule has 0 unspecified atom stereocenters. The van der Waals surface area contributed by atoms with Gasteiger partial charge in [0, 0.05) is 17.1 Å². The predicted molar refractivity (Wildman–Crippen MR) is 95.3 cm³/mol. The molecule has 0 spiro atoms. The van der Waals surface area contributed by atoms with Gasteiger partial charge in [-0.1, -0.05) is 11.6 Å². The molecule has 2 bridgehead atoms. The SMILES string of the molecule is Cc1occc1C(=O)NC12CC(NC(=O)COc3ccc(Cl)c(F)c3)(C1)C2. The van der Waals surface area contributed by atoms with Gasteiger partial charge >= 0.3 is 0 Å². The van der Waals surface area contributed by atoms with Gasteiger partial charge in [0.15, 0.2) is 6.61 Å². The number of carbonyl (C=O) groups excluding carboxylic acids is 2. The number of ether oxygens (including phenoxy) is 1. The van der Waals surface area contributed by atoms with Crippen molar-refractivity contribution in [1.82, 2.24) is 10.6 Å². The van der Waals surface area contributed by atoms with Gasteiger partial charge in [0.1, 0.15) is 17.3 Å².